The molecule has 1 heterocycles. The Labute approximate surface area is 347 Å². The molecule has 0 spiro atoms. The predicted octanol–water partition coefficient (Wildman–Crippen LogP) is 16.8. The van der Waals surface area contributed by atoms with Crippen molar-refractivity contribution >= 4 is 21.9 Å². The largest absolute Gasteiger partial charge is 0.455 e. The first-order chi connectivity index (χ1) is 28.2. The van der Waals surface area contributed by atoms with E-state index in [0.29, 0.717) is 0 Å². The van der Waals surface area contributed by atoms with Crippen LogP contribution >= 0.6 is 0 Å². The summed E-state index contributed by atoms with van der Waals surface area (Å²) < 4.78 is 6.07. The number of hydrogen-bond acceptors (Lipinski definition) is 1. The van der Waals surface area contributed by atoms with Gasteiger partial charge in [-0.25, -0.2) is 0 Å². The van der Waals surface area contributed by atoms with E-state index < -0.39 is 0 Å². The molecule has 9 rings (SSSR count). The first-order valence-electron chi connectivity index (χ1n) is 20.4. The van der Waals surface area contributed by atoms with E-state index in [-0.39, 0.29) is 0 Å². The lowest BCUT2D eigenvalue weighted by Gasteiger charge is -2.12. The lowest BCUT2D eigenvalue weighted by atomic mass is 9.93. The monoisotopic (exact) mass is 758 g/mol. The molecule has 0 saturated heterocycles. The van der Waals surface area contributed by atoms with E-state index >= 15 is 0 Å². The van der Waals surface area contributed by atoms with Gasteiger partial charge >= 0.3 is 0 Å². The van der Waals surface area contributed by atoms with Gasteiger partial charge in [-0.1, -0.05) is 218 Å². The Balaban J connectivity index is 0.000000159. The summed E-state index contributed by atoms with van der Waals surface area (Å²) in [7, 11) is 0. The highest BCUT2D eigenvalue weighted by Gasteiger charge is 2.11. The lowest BCUT2D eigenvalue weighted by molar-refractivity contribution is 0.670. The Kier molecular flexibility index (Phi) is 15.6. The SMILES string of the molecule is CC.Cc1ccc(-c2ccc(C)c(-c3ccccc3C)c2)cc1.Cc1ccc(-c2cccc3c2oc2ccccc23)cc1.Cc1cccc(C)c1.Cc1ccccc1. The Morgan fingerprint density at radius 3 is 1.34 bits per heavy atom. The van der Waals surface area contributed by atoms with Gasteiger partial charge in [0.1, 0.15) is 11.2 Å². The molecular formula is C57H58O. The fraction of sp³-hybridized carbons (Fsp3) is 0.158. The highest BCUT2D eigenvalue weighted by Crippen LogP contribution is 2.36. The molecule has 1 aromatic heterocycles. The molecule has 0 unspecified atom stereocenters. The zero-order chi connectivity index (χ0) is 41.4. The van der Waals surface area contributed by atoms with Gasteiger partial charge < -0.3 is 4.42 Å². The third kappa shape index (κ3) is 11.6. The van der Waals surface area contributed by atoms with Gasteiger partial charge in [-0.2, -0.15) is 0 Å². The van der Waals surface area contributed by atoms with Gasteiger partial charge in [-0.15, -0.1) is 0 Å². The molecule has 9 aromatic rings. The molecule has 1 nitrogen and oxygen atoms in total. The minimum absolute atomic E-state index is 0.946. The van der Waals surface area contributed by atoms with Crippen molar-refractivity contribution in [3.63, 3.8) is 0 Å². The molecule has 58 heavy (non-hydrogen) atoms. The highest BCUT2D eigenvalue weighted by atomic mass is 16.3. The second kappa shape index (κ2) is 21.2. The molecule has 0 N–H and O–H groups in total. The van der Waals surface area contributed by atoms with Crippen LogP contribution in [0, 0.1) is 48.5 Å². The standard InChI is InChI=1S/C21H20.C19H14O.C8H10.C7H8.C2H6/c1-15-8-11-18(12-9-15)19-13-10-17(3)21(14-19)20-7-5-4-6-16(20)2;1-13-9-11-14(12-10-13)15-6-4-7-17-16-5-2-3-8-18(16)20-19(15)17;1-7-4-3-5-8(2)6-7;1-7-5-3-2-4-6-7;1-2/h4-14H,1-3H3;2-12H,1H3;3-6H,1-2H3;2-6H,1H3;1-2H3. The smallest absolute Gasteiger partial charge is 0.143 e. The van der Waals surface area contributed by atoms with Crippen LogP contribution < -0.4 is 0 Å². The van der Waals surface area contributed by atoms with Crippen LogP contribution in [-0.4, -0.2) is 0 Å². The third-order valence-electron chi connectivity index (χ3n) is 9.94. The molecule has 0 bridgehead atoms. The van der Waals surface area contributed by atoms with Gasteiger partial charge in [0.05, 0.1) is 0 Å². The molecule has 0 fully saturated rings. The zero-order valence-corrected chi connectivity index (χ0v) is 35.8. The first-order valence-corrected chi connectivity index (χ1v) is 20.4. The summed E-state index contributed by atoms with van der Waals surface area (Å²) in [5.74, 6) is 0. The molecule has 0 atom stereocenters. The molecule has 1 heteroatoms. The maximum absolute atomic E-state index is 6.07. The number of para-hydroxylation sites is 2. The van der Waals surface area contributed by atoms with Crippen LogP contribution in [0.3, 0.4) is 0 Å². The Hall–Kier alpha value is -6.44. The van der Waals surface area contributed by atoms with Crippen molar-refractivity contribution in [3.8, 4) is 33.4 Å². The van der Waals surface area contributed by atoms with Crippen LogP contribution in [0.1, 0.15) is 52.8 Å². The molecule has 0 amide bonds. The van der Waals surface area contributed by atoms with Gasteiger partial charge in [0.25, 0.3) is 0 Å². The molecule has 292 valence electrons. The normalized spacial score (nSPS) is 10.2. The van der Waals surface area contributed by atoms with Crippen molar-refractivity contribution in [1.82, 2.24) is 0 Å². The Bertz CT molecular complexity index is 2610. The highest BCUT2D eigenvalue weighted by molar-refractivity contribution is 6.09. The van der Waals surface area contributed by atoms with Crippen molar-refractivity contribution in [2.24, 2.45) is 0 Å². The summed E-state index contributed by atoms with van der Waals surface area (Å²) in [5.41, 5.74) is 18.7. The average molecular weight is 759 g/mol. The minimum atomic E-state index is 0.946. The molecule has 8 aromatic carbocycles. The Morgan fingerprint density at radius 2 is 0.759 bits per heavy atom. The van der Waals surface area contributed by atoms with Crippen LogP contribution in [0.4, 0.5) is 0 Å². The fourth-order valence-corrected chi connectivity index (χ4v) is 6.76. The molecule has 0 aliphatic heterocycles. The van der Waals surface area contributed by atoms with Gasteiger partial charge in [-0.05, 0) is 99.5 Å². The van der Waals surface area contributed by atoms with Crippen molar-refractivity contribution in [2.75, 3.05) is 0 Å². The zero-order valence-electron chi connectivity index (χ0n) is 35.8. The number of hydrogen-bond donors (Lipinski definition) is 0. The summed E-state index contributed by atoms with van der Waals surface area (Å²) in [6, 6.07) is 65.9. The minimum Gasteiger partial charge on any atom is -0.455 e. The van der Waals surface area contributed by atoms with Crippen molar-refractivity contribution in [3.05, 3.63) is 227 Å². The van der Waals surface area contributed by atoms with E-state index in [0.717, 1.165) is 16.7 Å². The van der Waals surface area contributed by atoms with E-state index in [9.17, 15) is 0 Å². The average Bonchev–Trinajstić information content (AvgIpc) is 3.63. The number of furan rings is 1. The van der Waals surface area contributed by atoms with Gasteiger partial charge in [0, 0.05) is 16.3 Å². The van der Waals surface area contributed by atoms with Gasteiger partial charge in [0.2, 0.25) is 0 Å². The fourth-order valence-electron chi connectivity index (χ4n) is 6.76. The number of rotatable bonds is 3. The van der Waals surface area contributed by atoms with E-state index in [4.69, 9.17) is 4.42 Å². The van der Waals surface area contributed by atoms with Gasteiger partial charge in [-0.3, -0.25) is 0 Å². The quantitative estimate of drug-likeness (QED) is 0.175. The summed E-state index contributed by atoms with van der Waals surface area (Å²) >= 11 is 0. The Morgan fingerprint density at radius 1 is 0.293 bits per heavy atom. The van der Waals surface area contributed by atoms with Gasteiger partial charge in [0.15, 0.2) is 0 Å². The molecule has 0 radical (unpaired) electrons. The van der Waals surface area contributed by atoms with Crippen molar-refractivity contribution < 1.29 is 4.42 Å². The first kappa shape index (κ1) is 42.7. The van der Waals surface area contributed by atoms with Crippen molar-refractivity contribution in [1.29, 1.82) is 0 Å². The van der Waals surface area contributed by atoms with Crippen LogP contribution in [0.5, 0.6) is 0 Å². The van der Waals surface area contributed by atoms with Crippen LogP contribution in [0.2, 0.25) is 0 Å². The summed E-state index contributed by atoms with van der Waals surface area (Å²) in [5, 5.41) is 2.36. The summed E-state index contributed by atoms with van der Waals surface area (Å²) in [6.45, 7) is 18.9. The topological polar surface area (TPSA) is 13.1 Å². The van der Waals surface area contributed by atoms with Crippen molar-refractivity contribution in [2.45, 2.75) is 62.3 Å². The lowest BCUT2D eigenvalue weighted by Crippen LogP contribution is -1.88. The maximum atomic E-state index is 6.07. The van der Waals surface area contributed by atoms with E-state index in [1.807, 2.05) is 44.2 Å². The summed E-state index contributed by atoms with van der Waals surface area (Å²) in [4.78, 5) is 0. The summed E-state index contributed by atoms with van der Waals surface area (Å²) in [6.07, 6.45) is 0. The molecule has 0 aliphatic carbocycles. The molecule has 0 aliphatic rings. The molecule has 0 saturated carbocycles. The number of aryl methyl sites for hydroxylation is 7. The third-order valence-corrected chi connectivity index (χ3v) is 9.94. The second-order valence-electron chi connectivity index (χ2n) is 14.7. The molecular weight excluding hydrogens is 701 g/mol. The maximum Gasteiger partial charge on any atom is 0.143 e. The number of fused-ring (bicyclic) bond motifs is 3. The van der Waals surface area contributed by atoms with Crippen LogP contribution in [0.25, 0.3) is 55.3 Å². The van der Waals surface area contributed by atoms with E-state index in [1.165, 1.54) is 77.5 Å². The van der Waals surface area contributed by atoms with Crippen LogP contribution in [0.15, 0.2) is 192 Å². The predicted molar refractivity (Wildman–Crippen MR) is 254 cm³/mol. The van der Waals surface area contributed by atoms with Crippen LogP contribution in [-0.2, 0) is 0 Å². The number of benzene rings is 8. The van der Waals surface area contributed by atoms with E-state index in [2.05, 4.69) is 206 Å². The van der Waals surface area contributed by atoms with E-state index in [1.54, 1.807) is 0 Å². The second-order valence-corrected chi connectivity index (χ2v) is 14.7.